The monoisotopic (exact) mass is 541 g/mol. The number of rotatable bonds is 10. The Morgan fingerprint density at radius 2 is 1.67 bits per heavy atom. The molecule has 200 valence electrons. The van der Waals surface area contributed by atoms with E-state index in [2.05, 4.69) is 60.1 Å². The van der Waals surface area contributed by atoms with E-state index in [1.165, 1.54) is 0 Å². The number of anilines is 3. The summed E-state index contributed by atoms with van der Waals surface area (Å²) in [6, 6.07) is 20.1. The molecule has 39 heavy (non-hydrogen) atoms. The van der Waals surface area contributed by atoms with E-state index in [-0.39, 0.29) is 5.91 Å². The molecule has 0 saturated carbocycles. The van der Waals surface area contributed by atoms with Gasteiger partial charge in [-0.05, 0) is 42.6 Å². The summed E-state index contributed by atoms with van der Waals surface area (Å²) in [4.78, 5) is 28.2. The van der Waals surface area contributed by atoms with Crippen LogP contribution in [-0.4, -0.2) is 58.5 Å². The van der Waals surface area contributed by atoms with Crippen molar-refractivity contribution < 1.29 is 4.79 Å². The smallest absolute Gasteiger partial charge is 0.227 e. The van der Waals surface area contributed by atoms with E-state index in [0.29, 0.717) is 34.5 Å². The molecule has 0 bridgehead atoms. The van der Waals surface area contributed by atoms with Crippen LogP contribution in [-0.2, 0) is 4.79 Å². The highest BCUT2D eigenvalue weighted by molar-refractivity contribution is 6.32. The van der Waals surface area contributed by atoms with Gasteiger partial charge in [0.2, 0.25) is 11.9 Å². The molecule has 0 aliphatic carbocycles. The molecule has 0 unspecified atom stereocenters. The van der Waals surface area contributed by atoms with Crippen molar-refractivity contribution in [1.82, 2.24) is 25.2 Å². The van der Waals surface area contributed by atoms with E-state index >= 15 is 0 Å². The zero-order valence-electron chi connectivity index (χ0n) is 21.7. The number of benzene rings is 2. The minimum absolute atomic E-state index is 0.0161. The van der Waals surface area contributed by atoms with Crippen LogP contribution in [0.4, 0.5) is 17.3 Å². The van der Waals surface area contributed by atoms with Gasteiger partial charge in [0.15, 0.2) is 0 Å². The second-order valence-corrected chi connectivity index (χ2v) is 9.93. The molecule has 3 N–H and O–H groups in total. The first kappa shape index (κ1) is 26.7. The Balaban J connectivity index is 1.20. The molecule has 2 aromatic heterocycles. The first-order valence-electron chi connectivity index (χ1n) is 13.3. The number of piperazine rings is 1. The fraction of sp³-hybridized carbons (Fsp3) is 0.267. The van der Waals surface area contributed by atoms with Gasteiger partial charge in [0.25, 0.3) is 0 Å². The Labute approximate surface area is 233 Å². The van der Waals surface area contributed by atoms with Crippen molar-refractivity contribution in [3.8, 4) is 22.4 Å². The number of carbonyl (C=O) groups excluding carboxylic acids is 1. The van der Waals surface area contributed by atoms with E-state index in [9.17, 15) is 4.79 Å². The molecule has 8 nitrogen and oxygen atoms in total. The maximum Gasteiger partial charge on any atom is 0.227 e. The van der Waals surface area contributed by atoms with Crippen LogP contribution in [0, 0.1) is 0 Å². The molecule has 1 aliphatic rings. The van der Waals surface area contributed by atoms with Crippen LogP contribution in [0.2, 0.25) is 5.02 Å². The predicted octanol–water partition coefficient (Wildman–Crippen LogP) is 5.62. The highest BCUT2D eigenvalue weighted by Gasteiger charge is 2.12. The average molecular weight is 542 g/mol. The van der Waals surface area contributed by atoms with Gasteiger partial charge in [-0.25, -0.2) is 9.97 Å². The molecule has 1 fully saturated rings. The molecule has 1 aliphatic heterocycles. The van der Waals surface area contributed by atoms with Crippen LogP contribution in [0.25, 0.3) is 22.4 Å². The van der Waals surface area contributed by atoms with Crippen molar-refractivity contribution in [2.24, 2.45) is 0 Å². The second-order valence-electron chi connectivity index (χ2n) is 9.52. The Kier molecular flexibility index (Phi) is 9.11. The van der Waals surface area contributed by atoms with E-state index in [1.807, 2.05) is 36.4 Å². The lowest BCUT2D eigenvalue weighted by molar-refractivity contribution is -0.116. The lowest BCUT2D eigenvalue weighted by Gasteiger charge is -2.26. The summed E-state index contributed by atoms with van der Waals surface area (Å²) in [6.45, 7) is 5.28. The van der Waals surface area contributed by atoms with Gasteiger partial charge in [-0.3, -0.25) is 9.78 Å². The van der Waals surface area contributed by atoms with Crippen molar-refractivity contribution >= 4 is 34.8 Å². The lowest BCUT2D eigenvalue weighted by atomic mass is 10.0. The van der Waals surface area contributed by atoms with Gasteiger partial charge in [0.1, 0.15) is 0 Å². The van der Waals surface area contributed by atoms with Crippen LogP contribution in [0.5, 0.6) is 0 Å². The Bertz CT molecular complexity index is 1390. The summed E-state index contributed by atoms with van der Waals surface area (Å²) in [5, 5.41) is 9.95. The third-order valence-corrected chi connectivity index (χ3v) is 6.88. The van der Waals surface area contributed by atoms with Gasteiger partial charge in [-0.2, -0.15) is 0 Å². The summed E-state index contributed by atoms with van der Waals surface area (Å²) in [5.41, 5.74) is 5.00. The number of nitrogens with zero attached hydrogens (tertiary/aromatic N) is 4. The second kappa shape index (κ2) is 13.3. The van der Waals surface area contributed by atoms with Crippen LogP contribution in [0.3, 0.4) is 0 Å². The van der Waals surface area contributed by atoms with Crippen LogP contribution in [0.15, 0.2) is 79.3 Å². The molecule has 9 heteroatoms. The lowest BCUT2D eigenvalue weighted by Crippen LogP contribution is -2.43. The zero-order chi connectivity index (χ0) is 26.9. The first-order valence-corrected chi connectivity index (χ1v) is 13.7. The molecule has 0 radical (unpaired) electrons. The number of pyridine rings is 1. The summed E-state index contributed by atoms with van der Waals surface area (Å²) < 4.78 is 0. The molecule has 4 aromatic rings. The SMILES string of the molecule is O=C(CCCCN1CCNCC1)Nc1cncc(Nc2ncc(Cl)c(-c3cccc(-c4ccccc4)c3)n2)c1. The topological polar surface area (TPSA) is 95.1 Å². The van der Waals surface area contributed by atoms with Crippen molar-refractivity contribution in [2.75, 3.05) is 43.4 Å². The molecule has 5 rings (SSSR count). The van der Waals surface area contributed by atoms with Crippen LogP contribution in [0.1, 0.15) is 19.3 Å². The van der Waals surface area contributed by atoms with E-state index in [1.54, 1.807) is 18.6 Å². The minimum atomic E-state index is -0.0161. The maximum atomic E-state index is 12.5. The van der Waals surface area contributed by atoms with Crippen LogP contribution < -0.4 is 16.0 Å². The van der Waals surface area contributed by atoms with Crippen LogP contribution >= 0.6 is 11.6 Å². The van der Waals surface area contributed by atoms with Gasteiger partial charge in [0.05, 0.1) is 40.7 Å². The summed E-state index contributed by atoms with van der Waals surface area (Å²) in [7, 11) is 0. The maximum absolute atomic E-state index is 12.5. The Morgan fingerprint density at radius 3 is 2.51 bits per heavy atom. The number of unbranched alkanes of at least 4 members (excludes halogenated alkanes) is 1. The summed E-state index contributed by atoms with van der Waals surface area (Å²) in [6.07, 6.45) is 7.23. The van der Waals surface area contributed by atoms with Gasteiger partial charge in [0, 0.05) is 38.2 Å². The molecule has 3 heterocycles. The number of amides is 1. The van der Waals surface area contributed by atoms with Crippen molar-refractivity contribution in [1.29, 1.82) is 0 Å². The van der Waals surface area contributed by atoms with Gasteiger partial charge >= 0.3 is 0 Å². The fourth-order valence-electron chi connectivity index (χ4n) is 4.59. The quantitative estimate of drug-likeness (QED) is 0.224. The largest absolute Gasteiger partial charge is 0.325 e. The van der Waals surface area contributed by atoms with Gasteiger partial charge < -0.3 is 20.9 Å². The van der Waals surface area contributed by atoms with Gasteiger partial charge in [-0.15, -0.1) is 0 Å². The third-order valence-electron chi connectivity index (χ3n) is 6.60. The number of aromatic nitrogens is 3. The third kappa shape index (κ3) is 7.60. The average Bonchev–Trinajstić information content (AvgIpc) is 2.98. The van der Waals surface area contributed by atoms with Crippen molar-refractivity contribution in [2.45, 2.75) is 19.3 Å². The highest BCUT2D eigenvalue weighted by atomic mass is 35.5. The zero-order valence-corrected chi connectivity index (χ0v) is 22.5. The molecular weight excluding hydrogens is 510 g/mol. The number of carbonyl (C=O) groups is 1. The number of hydrogen-bond acceptors (Lipinski definition) is 7. The highest BCUT2D eigenvalue weighted by Crippen LogP contribution is 2.30. The Hall–Kier alpha value is -3.85. The number of nitrogens with one attached hydrogen (secondary N) is 3. The molecule has 0 spiro atoms. The van der Waals surface area contributed by atoms with Gasteiger partial charge in [-0.1, -0.05) is 60.1 Å². The standard InChI is InChI=1S/C30H32ClN7O/c31-27-21-34-30(37-29(27)24-10-6-9-23(17-24)22-7-2-1-3-8-22)36-26-18-25(19-33-20-26)35-28(39)11-4-5-14-38-15-12-32-13-16-38/h1-3,6-10,17-21,32H,4-5,11-16H2,(H,35,39)(H,34,36,37). The molecule has 2 aromatic carbocycles. The molecule has 1 saturated heterocycles. The van der Waals surface area contributed by atoms with E-state index in [0.717, 1.165) is 62.3 Å². The minimum Gasteiger partial charge on any atom is -0.325 e. The first-order chi connectivity index (χ1) is 19.1. The Morgan fingerprint density at radius 1 is 0.897 bits per heavy atom. The normalized spacial score (nSPS) is 13.7. The summed E-state index contributed by atoms with van der Waals surface area (Å²) in [5.74, 6) is 0.371. The van der Waals surface area contributed by atoms with E-state index < -0.39 is 0 Å². The predicted molar refractivity (Wildman–Crippen MR) is 157 cm³/mol. The molecular formula is C30H32ClN7O. The number of halogens is 1. The van der Waals surface area contributed by atoms with E-state index in [4.69, 9.17) is 11.6 Å². The fourth-order valence-corrected chi connectivity index (χ4v) is 4.79. The molecule has 0 atom stereocenters. The summed E-state index contributed by atoms with van der Waals surface area (Å²) >= 11 is 6.49. The molecule has 1 amide bonds. The number of hydrogen-bond donors (Lipinski definition) is 3. The van der Waals surface area contributed by atoms with Crippen molar-refractivity contribution in [3.63, 3.8) is 0 Å². The van der Waals surface area contributed by atoms with Crippen molar-refractivity contribution in [3.05, 3.63) is 84.3 Å².